The van der Waals surface area contributed by atoms with Crippen LogP contribution in [0.5, 0.6) is 0 Å². The summed E-state index contributed by atoms with van der Waals surface area (Å²) in [6.07, 6.45) is 4.41. The van der Waals surface area contributed by atoms with Crippen LogP contribution >= 0.6 is 0 Å². The van der Waals surface area contributed by atoms with Crippen molar-refractivity contribution < 1.29 is 4.79 Å². The van der Waals surface area contributed by atoms with Crippen LogP contribution in [0.1, 0.15) is 39.5 Å². The van der Waals surface area contributed by atoms with Gasteiger partial charge < -0.3 is 9.80 Å². The van der Waals surface area contributed by atoms with E-state index in [0.717, 1.165) is 26.1 Å². The van der Waals surface area contributed by atoms with Crippen LogP contribution in [0, 0.1) is 0 Å². The average molecular weight is 239 g/mol. The molecular formula is C13H25N3O. The molecular weight excluding hydrogens is 214 g/mol. The first-order valence-corrected chi connectivity index (χ1v) is 6.59. The number of amides is 1. The molecule has 98 valence electrons. The third kappa shape index (κ3) is 2.20. The number of rotatable bonds is 3. The van der Waals surface area contributed by atoms with Crippen LogP contribution < -0.4 is 5.32 Å². The van der Waals surface area contributed by atoms with Gasteiger partial charge in [-0.15, -0.1) is 0 Å². The molecule has 1 saturated heterocycles. The van der Waals surface area contributed by atoms with Crippen LogP contribution in [-0.4, -0.2) is 54.1 Å². The zero-order chi connectivity index (χ0) is 12.7. The molecule has 0 aromatic rings. The molecule has 0 unspecified atom stereocenters. The van der Waals surface area contributed by atoms with E-state index in [2.05, 4.69) is 38.2 Å². The predicted octanol–water partition coefficient (Wildman–Crippen LogP) is 1.03. The predicted molar refractivity (Wildman–Crippen MR) is 68.7 cm³/mol. The average Bonchev–Trinajstić information content (AvgIpc) is 2.82. The van der Waals surface area contributed by atoms with Gasteiger partial charge in [-0.3, -0.25) is 10.1 Å². The van der Waals surface area contributed by atoms with Crippen LogP contribution in [0.2, 0.25) is 0 Å². The van der Waals surface area contributed by atoms with Gasteiger partial charge in [0.25, 0.3) is 0 Å². The molecule has 1 heterocycles. The molecule has 0 bridgehead atoms. The van der Waals surface area contributed by atoms with Crippen LogP contribution in [0.25, 0.3) is 0 Å². The Morgan fingerprint density at radius 1 is 1.35 bits per heavy atom. The topological polar surface area (TPSA) is 35.6 Å². The number of likely N-dealkylation sites (N-methyl/N-ethyl adjacent to an activating group) is 1. The largest absolute Gasteiger partial charge is 0.326 e. The Morgan fingerprint density at radius 3 is 2.47 bits per heavy atom. The molecule has 4 heteroatoms. The Hall–Kier alpha value is -0.610. The smallest absolute Gasteiger partial charge is 0.244 e. The van der Waals surface area contributed by atoms with E-state index in [1.165, 1.54) is 12.8 Å². The summed E-state index contributed by atoms with van der Waals surface area (Å²) in [6.45, 7) is 5.88. The highest BCUT2D eigenvalue weighted by Crippen LogP contribution is 2.34. The summed E-state index contributed by atoms with van der Waals surface area (Å²) in [6, 6.07) is 0. The second kappa shape index (κ2) is 4.25. The van der Waals surface area contributed by atoms with Crippen LogP contribution in [-0.2, 0) is 4.79 Å². The van der Waals surface area contributed by atoms with Crippen molar-refractivity contribution in [2.24, 2.45) is 0 Å². The summed E-state index contributed by atoms with van der Waals surface area (Å²) in [5.41, 5.74) is -0.177. The third-order valence-corrected chi connectivity index (χ3v) is 4.55. The number of carbonyl (C=O) groups excluding carboxylic acids is 1. The summed E-state index contributed by atoms with van der Waals surface area (Å²) < 4.78 is 0. The number of carbonyl (C=O) groups is 1. The fraction of sp³-hybridized carbons (Fsp3) is 0.923. The normalized spacial score (nSPS) is 24.3. The van der Waals surface area contributed by atoms with Gasteiger partial charge in [0.05, 0.1) is 12.2 Å². The zero-order valence-electron chi connectivity index (χ0n) is 11.5. The Morgan fingerprint density at radius 2 is 1.94 bits per heavy atom. The van der Waals surface area contributed by atoms with Gasteiger partial charge in [0.2, 0.25) is 5.91 Å². The van der Waals surface area contributed by atoms with Crippen molar-refractivity contribution in [3.8, 4) is 0 Å². The minimum absolute atomic E-state index is 0.0292. The molecule has 0 aromatic carbocycles. The van der Waals surface area contributed by atoms with Gasteiger partial charge >= 0.3 is 0 Å². The number of nitrogens with zero attached hydrogens (tertiary/aromatic N) is 2. The minimum Gasteiger partial charge on any atom is -0.326 e. The van der Waals surface area contributed by atoms with Gasteiger partial charge in [-0.1, -0.05) is 12.8 Å². The number of hydrogen-bond acceptors (Lipinski definition) is 3. The Kier molecular flexibility index (Phi) is 3.21. The summed E-state index contributed by atoms with van der Waals surface area (Å²) >= 11 is 0. The molecule has 1 aliphatic heterocycles. The van der Waals surface area contributed by atoms with Crippen LogP contribution in [0.3, 0.4) is 0 Å². The van der Waals surface area contributed by atoms with E-state index >= 15 is 0 Å². The van der Waals surface area contributed by atoms with E-state index in [4.69, 9.17) is 0 Å². The fourth-order valence-corrected chi connectivity index (χ4v) is 2.80. The van der Waals surface area contributed by atoms with E-state index in [1.54, 1.807) is 0 Å². The first-order chi connectivity index (χ1) is 7.87. The van der Waals surface area contributed by atoms with Crippen molar-refractivity contribution in [3.05, 3.63) is 0 Å². The molecule has 1 amide bonds. The van der Waals surface area contributed by atoms with E-state index in [9.17, 15) is 4.79 Å². The van der Waals surface area contributed by atoms with E-state index in [-0.39, 0.29) is 11.1 Å². The first kappa shape index (κ1) is 12.8. The van der Waals surface area contributed by atoms with E-state index < -0.39 is 0 Å². The molecule has 1 aliphatic carbocycles. The zero-order valence-corrected chi connectivity index (χ0v) is 11.5. The lowest BCUT2D eigenvalue weighted by atomic mass is 9.97. The SMILES string of the molecule is CN(C)C(C)(C)CN1CNC2(CCCC2)C1=O. The number of nitrogens with one attached hydrogen (secondary N) is 1. The summed E-state index contributed by atoms with van der Waals surface area (Å²) in [5.74, 6) is 0.324. The molecule has 17 heavy (non-hydrogen) atoms. The molecule has 2 rings (SSSR count). The molecule has 0 radical (unpaired) electrons. The Labute approximate surface area is 104 Å². The van der Waals surface area contributed by atoms with E-state index in [1.807, 2.05) is 4.90 Å². The van der Waals surface area contributed by atoms with Crippen molar-refractivity contribution in [2.75, 3.05) is 27.3 Å². The highest BCUT2D eigenvalue weighted by molar-refractivity contribution is 5.88. The Bertz CT molecular complexity index is 306. The lowest BCUT2D eigenvalue weighted by Gasteiger charge is -2.36. The minimum atomic E-state index is -0.206. The highest BCUT2D eigenvalue weighted by Gasteiger charge is 2.48. The molecule has 1 spiro atoms. The summed E-state index contributed by atoms with van der Waals surface area (Å²) in [4.78, 5) is 16.6. The highest BCUT2D eigenvalue weighted by atomic mass is 16.2. The lowest BCUT2D eigenvalue weighted by Crippen LogP contribution is -2.50. The van der Waals surface area contributed by atoms with Crippen molar-refractivity contribution in [2.45, 2.75) is 50.6 Å². The van der Waals surface area contributed by atoms with Gasteiger partial charge in [0, 0.05) is 12.1 Å². The van der Waals surface area contributed by atoms with Gasteiger partial charge in [0.15, 0.2) is 0 Å². The van der Waals surface area contributed by atoms with Crippen molar-refractivity contribution in [3.63, 3.8) is 0 Å². The molecule has 1 saturated carbocycles. The van der Waals surface area contributed by atoms with Gasteiger partial charge in [0.1, 0.15) is 0 Å². The van der Waals surface area contributed by atoms with Gasteiger partial charge in [-0.05, 0) is 40.8 Å². The summed E-state index contributed by atoms with van der Waals surface area (Å²) in [5, 5.41) is 3.45. The molecule has 2 aliphatic rings. The second-order valence-corrected chi connectivity index (χ2v) is 6.33. The monoisotopic (exact) mass is 239 g/mol. The first-order valence-electron chi connectivity index (χ1n) is 6.59. The third-order valence-electron chi connectivity index (χ3n) is 4.55. The maximum Gasteiger partial charge on any atom is 0.244 e. The molecule has 2 fully saturated rings. The van der Waals surface area contributed by atoms with Crippen LogP contribution in [0.15, 0.2) is 0 Å². The quantitative estimate of drug-likeness (QED) is 0.799. The molecule has 0 aromatic heterocycles. The van der Waals surface area contributed by atoms with Gasteiger partial charge in [-0.25, -0.2) is 0 Å². The van der Waals surface area contributed by atoms with Crippen molar-refractivity contribution in [1.82, 2.24) is 15.1 Å². The lowest BCUT2D eigenvalue weighted by molar-refractivity contribution is -0.133. The Balaban J connectivity index is 2.03. The van der Waals surface area contributed by atoms with Crippen molar-refractivity contribution in [1.29, 1.82) is 0 Å². The summed E-state index contributed by atoms with van der Waals surface area (Å²) in [7, 11) is 4.14. The standard InChI is InChI=1S/C13H25N3O/c1-12(2,15(3)4)9-16-10-14-13(11(16)17)7-5-6-8-13/h14H,5-10H2,1-4H3. The number of hydrogen-bond donors (Lipinski definition) is 1. The molecule has 0 atom stereocenters. The second-order valence-electron chi connectivity index (χ2n) is 6.33. The maximum atomic E-state index is 12.5. The molecule has 1 N–H and O–H groups in total. The van der Waals surface area contributed by atoms with Crippen LogP contribution in [0.4, 0.5) is 0 Å². The maximum absolute atomic E-state index is 12.5. The fourth-order valence-electron chi connectivity index (χ4n) is 2.80. The van der Waals surface area contributed by atoms with Crippen molar-refractivity contribution >= 4 is 5.91 Å². The van der Waals surface area contributed by atoms with E-state index in [0.29, 0.717) is 5.91 Å². The van der Waals surface area contributed by atoms with Gasteiger partial charge in [-0.2, -0.15) is 0 Å². The molecule has 4 nitrogen and oxygen atoms in total.